The van der Waals surface area contributed by atoms with E-state index in [0.29, 0.717) is 0 Å². The van der Waals surface area contributed by atoms with Gasteiger partial charge in [0.2, 0.25) is 0 Å². The van der Waals surface area contributed by atoms with Crippen molar-refractivity contribution in [2.24, 2.45) is 0 Å². The van der Waals surface area contributed by atoms with Crippen molar-refractivity contribution >= 4 is 11.6 Å². The Hall–Kier alpha value is -0.490. The molecule has 0 nitrogen and oxygen atoms in total. The molecule has 0 amide bonds. The third kappa shape index (κ3) is 7.51. The van der Waals surface area contributed by atoms with E-state index in [4.69, 9.17) is 11.6 Å². The second-order valence-corrected chi connectivity index (χ2v) is 2.14. The lowest BCUT2D eigenvalue weighted by Gasteiger charge is -1.82. The van der Waals surface area contributed by atoms with E-state index in [1.807, 2.05) is 19.1 Å². The SMILES string of the molecule is C/C=C\CC/C=C\C=C\Cl. The highest BCUT2D eigenvalue weighted by Gasteiger charge is 1.72. The number of hydrogen-bond acceptors (Lipinski definition) is 0. The zero-order valence-electron chi connectivity index (χ0n) is 6.26. The lowest BCUT2D eigenvalue weighted by molar-refractivity contribution is 1.05. The average Bonchev–Trinajstić information content (AvgIpc) is 1.97. The summed E-state index contributed by atoms with van der Waals surface area (Å²) >= 11 is 5.30. The average molecular weight is 157 g/mol. The first-order valence-corrected chi connectivity index (χ1v) is 3.88. The van der Waals surface area contributed by atoms with Gasteiger partial charge in [0.1, 0.15) is 0 Å². The number of unbranched alkanes of at least 4 members (excludes halogenated alkanes) is 1. The Kier molecular flexibility index (Phi) is 8.09. The Morgan fingerprint density at radius 2 is 1.80 bits per heavy atom. The first kappa shape index (κ1) is 9.51. The molecule has 0 heterocycles. The second-order valence-electron chi connectivity index (χ2n) is 1.89. The van der Waals surface area contributed by atoms with Crippen LogP contribution >= 0.6 is 11.6 Å². The molecule has 0 aromatic carbocycles. The number of rotatable bonds is 4. The highest BCUT2D eigenvalue weighted by atomic mass is 35.5. The van der Waals surface area contributed by atoms with Crippen LogP contribution in [-0.2, 0) is 0 Å². The molecule has 0 aromatic rings. The number of allylic oxidation sites excluding steroid dienone is 5. The zero-order valence-corrected chi connectivity index (χ0v) is 7.01. The first-order chi connectivity index (χ1) is 4.91. The monoisotopic (exact) mass is 156 g/mol. The van der Waals surface area contributed by atoms with Crippen molar-refractivity contribution in [3.05, 3.63) is 35.9 Å². The quantitative estimate of drug-likeness (QED) is 0.331. The molecule has 0 fully saturated rings. The maximum Gasteiger partial charge on any atom is 0.00423 e. The summed E-state index contributed by atoms with van der Waals surface area (Å²) in [6.07, 6.45) is 12.3. The highest BCUT2D eigenvalue weighted by molar-refractivity contribution is 6.25. The molecule has 0 bridgehead atoms. The maximum atomic E-state index is 5.30. The highest BCUT2D eigenvalue weighted by Crippen LogP contribution is 1.92. The van der Waals surface area contributed by atoms with Gasteiger partial charge in [0.15, 0.2) is 0 Å². The van der Waals surface area contributed by atoms with Crippen molar-refractivity contribution in [3.8, 4) is 0 Å². The van der Waals surface area contributed by atoms with Crippen molar-refractivity contribution < 1.29 is 0 Å². The van der Waals surface area contributed by atoms with Gasteiger partial charge in [-0.2, -0.15) is 0 Å². The molecule has 0 atom stereocenters. The Bertz CT molecular complexity index is 132. The van der Waals surface area contributed by atoms with Crippen LogP contribution in [-0.4, -0.2) is 0 Å². The molecular weight excluding hydrogens is 144 g/mol. The van der Waals surface area contributed by atoms with Crippen LogP contribution in [0.2, 0.25) is 0 Å². The molecule has 0 aliphatic heterocycles. The molecule has 0 N–H and O–H groups in total. The van der Waals surface area contributed by atoms with Gasteiger partial charge in [-0.3, -0.25) is 0 Å². The van der Waals surface area contributed by atoms with Crippen molar-refractivity contribution in [3.63, 3.8) is 0 Å². The van der Waals surface area contributed by atoms with Crippen LogP contribution in [0.25, 0.3) is 0 Å². The Morgan fingerprint density at radius 1 is 1.10 bits per heavy atom. The summed E-state index contributed by atoms with van der Waals surface area (Å²) in [6, 6.07) is 0. The molecule has 0 rings (SSSR count). The lowest BCUT2D eigenvalue weighted by atomic mass is 10.3. The van der Waals surface area contributed by atoms with E-state index in [-0.39, 0.29) is 0 Å². The van der Waals surface area contributed by atoms with Crippen LogP contribution in [0.1, 0.15) is 19.8 Å². The summed E-state index contributed by atoms with van der Waals surface area (Å²) in [4.78, 5) is 0. The van der Waals surface area contributed by atoms with Crippen molar-refractivity contribution in [2.45, 2.75) is 19.8 Å². The molecule has 0 saturated carbocycles. The molecule has 1 heteroatoms. The van der Waals surface area contributed by atoms with Gasteiger partial charge in [-0.25, -0.2) is 0 Å². The summed E-state index contributed by atoms with van der Waals surface area (Å²) in [6.45, 7) is 2.03. The molecular formula is C9H13Cl. The topological polar surface area (TPSA) is 0 Å². The minimum absolute atomic E-state index is 1.09. The second kappa shape index (κ2) is 8.51. The third-order valence-corrected chi connectivity index (χ3v) is 1.20. The largest absolute Gasteiger partial charge is 0.0930 e. The van der Waals surface area contributed by atoms with Crippen LogP contribution in [0.4, 0.5) is 0 Å². The van der Waals surface area contributed by atoms with Gasteiger partial charge in [0.25, 0.3) is 0 Å². The molecule has 0 aromatic heterocycles. The normalized spacial score (nSPS) is 12.6. The fraction of sp³-hybridized carbons (Fsp3) is 0.333. The molecule has 0 spiro atoms. The Balaban J connectivity index is 3.18. The molecule has 0 aliphatic rings. The number of hydrogen-bond donors (Lipinski definition) is 0. The van der Waals surface area contributed by atoms with Crippen molar-refractivity contribution in [1.29, 1.82) is 0 Å². The van der Waals surface area contributed by atoms with E-state index in [2.05, 4.69) is 18.2 Å². The minimum Gasteiger partial charge on any atom is -0.0930 e. The fourth-order valence-corrected chi connectivity index (χ4v) is 0.660. The molecule has 0 radical (unpaired) electrons. The van der Waals surface area contributed by atoms with E-state index in [1.165, 1.54) is 5.54 Å². The van der Waals surface area contributed by atoms with Gasteiger partial charge in [0.05, 0.1) is 0 Å². The van der Waals surface area contributed by atoms with Crippen molar-refractivity contribution in [1.82, 2.24) is 0 Å². The summed E-state index contributed by atoms with van der Waals surface area (Å²) in [7, 11) is 0. The van der Waals surface area contributed by atoms with Crippen molar-refractivity contribution in [2.75, 3.05) is 0 Å². The molecule has 0 saturated heterocycles. The van der Waals surface area contributed by atoms with E-state index in [0.717, 1.165) is 12.8 Å². The van der Waals surface area contributed by atoms with Gasteiger partial charge in [0, 0.05) is 5.54 Å². The lowest BCUT2D eigenvalue weighted by Crippen LogP contribution is -1.61. The molecule has 0 aliphatic carbocycles. The van der Waals surface area contributed by atoms with Gasteiger partial charge in [-0.1, -0.05) is 42.0 Å². The summed E-state index contributed by atoms with van der Waals surface area (Å²) in [5.41, 5.74) is 1.51. The first-order valence-electron chi connectivity index (χ1n) is 3.45. The van der Waals surface area contributed by atoms with Crippen LogP contribution in [0.15, 0.2) is 35.9 Å². The standard InChI is InChI=1S/C9H13Cl/c1-2-3-4-5-6-7-8-9-10/h2-3,6-9H,4-5H2,1H3/b3-2-,7-6-,9-8+. The van der Waals surface area contributed by atoms with E-state index in [1.54, 1.807) is 0 Å². The zero-order chi connectivity index (χ0) is 7.66. The van der Waals surface area contributed by atoms with E-state index < -0.39 is 0 Å². The maximum absolute atomic E-state index is 5.30. The van der Waals surface area contributed by atoms with E-state index in [9.17, 15) is 0 Å². The predicted molar refractivity (Wildman–Crippen MR) is 48.2 cm³/mol. The number of halogens is 1. The molecule has 56 valence electrons. The van der Waals surface area contributed by atoms with Gasteiger partial charge < -0.3 is 0 Å². The summed E-state index contributed by atoms with van der Waals surface area (Å²) in [5, 5.41) is 0. The van der Waals surface area contributed by atoms with Gasteiger partial charge >= 0.3 is 0 Å². The van der Waals surface area contributed by atoms with Gasteiger partial charge in [-0.15, -0.1) is 0 Å². The fourth-order valence-electron chi connectivity index (χ4n) is 0.576. The van der Waals surface area contributed by atoms with E-state index >= 15 is 0 Å². The van der Waals surface area contributed by atoms with Gasteiger partial charge in [-0.05, 0) is 19.8 Å². The van der Waals surface area contributed by atoms with Crippen LogP contribution in [0, 0.1) is 0 Å². The summed E-state index contributed by atoms with van der Waals surface area (Å²) < 4.78 is 0. The minimum atomic E-state index is 1.09. The van der Waals surface area contributed by atoms with Crippen LogP contribution in [0.3, 0.4) is 0 Å². The Morgan fingerprint density at radius 3 is 2.40 bits per heavy atom. The van der Waals surface area contributed by atoms with Crippen LogP contribution < -0.4 is 0 Å². The summed E-state index contributed by atoms with van der Waals surface area (Å²) in [5.74, 6) is 0. The predicted octanol–water partition coefficient (Wildman–Crippen LogP) is 3.65. The molecule has 10 heavy (non-hydrogen) atoms. The third-order valence-electron chi connectivity index (χ3n) is 1.06. The molecule has 0 unspecified atom stereocenters. The van der Waals surface area contributed by atoms with Crippen LogP contribution in [0.5, 0.6) is 0 Å². The Labute approximate surface area is 67.9 Å². The smallest absolute Gasteiger partial charge is 0.00423 e.